The summed E-state index contributed by atoms with van der Waals surface area (Å²) < 4.78 is 23.7. The lowest BCUT2D eigenvalue weighted by Gasteiger charge is -2.25. The van der Waals surface area contributed by atoms with Gasteiger partial charge in [0.05, 0.1) is 39.9 Å². The normalized spacial score (nSPS) is 14.0. The van der Waals surface area contributed by atoms with E-state index in [9.17, 15) is 19.4 Å². The lowest BCUT2D eigenvalue weighted by molar-refractivity contribution is -0.870. The lowest BCUT2D eigenvalue weighted by atomic mass is 10.0. The zero-order valence-electron chi connectivity index (χ0n) is 49.4. The molecule has 0 spiro atoms. The molecule has 8 nitrogen and oxygen atoms in total. The van der Waals surface area contributed by atoms with Crippen LogP contribution in [0.1, 0.15) is 316 Å². The Hall–Kier alpha value is -1.28. The Kier molecular flexibility index (Phi) is 54.5. The van der Waals surface area contributed by atoms with E-state index in [1.54, 1.807) is 6.08 Å². The molecule has 9 heteroatoms. The minimum absolute atomic E-state index is 0.0636. The van der Waals surface area contributed by atoms with Crippen LogP contribution in [0.5, 0.6) is 0 Å². The molecule has 3 atom stereocenters. The van der Waals surface area contributed by atoms with Crippen molar-refractivity contribution in [2.75, 3.05) is 40.9 Å². The van der Waals surface area contributed by atoms with E-state index >= 15 is 0 Å². The summed E-state index contributed by atoms with van der Waals surface area (Å²) in [5.41, 5.74) is 0. The van der Waals surface area contributed by atoms with Crippen LogP contribution in [0.15, 0.2) is 36.5 Å². The smallest absolute Gasteiger partial charge is 0.387 e. The zero-order valence-corrected chi connectivity index (χ0v) is 50.3. The Morgan fingerprint density at radius 3 is 1.12 bits per heavy atom. The predicted octanol–water partition coefficient (Wildman–Crippen LogP) is 19.7. The van der Waals surface area contributed by atoms with Gasteiger partial charge in [0, 0.05) is 6.42 Å². The maximum Gasteiger partial charge on any atom is 0.472 e. The molecule has 432 valence electrons. The van der Waals surface area contributed by atoms with Gasteiger partial charge in [-0.15, -0.1) is 0 Å². The Balaban J connectivity index is 3.97. The molecular weight excluding hydrogens is 924 g/mol. The number of phosphoric acid groups is 1. The maximum atomic E-state index is 13.0. The molecule has 1 amide bonds. The Morgan fingerprint density at radius 2 is 0.781 bits per heavy atom. The van der Waals surface area contributed by atoms with Crippen LogP contribution in [0.2, 0.25) is 0 Å². The highest BCUT2D eigenvalue weighted by Gasteiger charge is 2.28. The van der Waals surface area contributed by atoms with Crippen LogP contribution in [-0.4, -0.2) is 73.4 Å². The number of hydrogen-bond acceptors (Lipinski definition) is 5. The van der Waals surface area contributed by atoms with Gasteiger partial charge in [-0.25, -0.2) is 4.57 Å². The van der Waals surface area contributed by atoms with Gasteiger partial charge >= 0.3 is 7.82 Å². The molecule has 0 aromatic carbocycles. The van der Waals surface area contributed by atoms with Crippen LogP contribution >= 0.6 is 7.82 Å². The average molecular weight is 1050 g/mol. The number of allylic oxidation sites excluding steroid dienone is 5. The van der Waals surface area contributed by atoms with E-state index in [1.165, 1.54) is 250 Å². The zero-order chi connectivity index (χ0) is 53.5. The number of unbranched alkanes of at least 4 members (excludes halogenated alkanes) is 42. The quantitative estimate of drug-likeness (QED) is 0.0243. The molecular formula is C64H126N2O6P+. The second kappa shape index (κ2) is 55.5. The van der Waals surface area contributed by atoms with Crippen LogP contribution in [-0.2, 0) is 18.4 Å². The number of phosphoric ester groups is 1. The fourth-order valence-corrected chi connectivity index (χ4v) is 10.3. The van der Waals surface area contributed by atoms with Crippen molar-refractivity contribution in [1.82, 2.24) is 5.32 Å². The third kappa shape index (κ3) is 58.2. The van der Waals surface area contributed by atoms with Gasteiger partial charge in [0.1, 0.15) is 13.2 Å². The highest BCUT2D eigenvalue weighted by Crippen LogP contribution is 2.43. The molecule has 0 bridgehead atoms. The van der Waals surface area contributed by atoms with Crippen molar-refractivity contribution >= 4 is 13.7 Å². The third-order valence-electron chi connectivity index (χ3n) is 14.6. The van der Waals surface area contributed by atoms with Gasteiger partial charge < -0.3 is 19.8 Å². The van der Waals surface area contributed by atoms with Gasteiger partial charge in [-0.05, 0) is 51.4 Å². The largest absolute Gasteiger partial charge is 0.472 e. The van der Waals surface area contributed by atoms with Gasteiger partial charge in [0.15, 0.2) is 0 Å². The van der Waals surface area contributed by atoms with E-state index < -0.39 is 20.0 Å². The fourth-order valence-electron chi connectivity index (χ4n) is 9.61. The van der Waals surface area contributed by atoms with E-state index in [-0.39, 0.29) is 19.1 Å². The molecule has 0 saturated carbocycles. The standard InChI is InChI=1S/C64H125N2O6P/c1-6-8-10-12-14-16-18-20-22-24-25-26-27-28-29-30-31-32-33-34-35-36-37-38-39-40-41-42-44-46-48-50-52-54-56-58-64(68)65-62(61-72-73(69,70)71-60-59-66(3,4)5)63(67)57-55-53-51-49-47-45-43-23-21-19-17-15-13-11-9-7-2/h18,20,24-25,55,57,62-63,67H,6-17,19,21-23,26-54,56,58-61H2,1-5H3,(H-,65,68,69,70)/p+1/b20-18-,25-24-,57-55+. The monoisotopic (exact) mass is 1050 g/mol. The van der Waals surface area contributed by atoms with E-state index in [0.717, 1.165) is 44.9 Å². The first kappa shape index (κ1) is 71.7. The third-order valence-corrected chi connectivity index (χ3v) is 15.6. The first-order valence-electron chi connectivity index (χ1n) is 31.9. The summed E-state index contributed by atoms with van der Waals surface area (Å²) in [6.45, 7) is 4.84. The van der Waals surface area contributed by atoms with Crippen LogP contribution in [0.3, 0.4) is 0 Å². The van der Waals surface area contributed by atoms with Crippen molar-refractivity contribution in [3.63, 3.8) is 0 Å². The summed E-state index contributed by atoms with van der Waals surface area (Å²) in [7, 11) is 1.59. The number of quaternary nitrogens is 1. The Morgan fingerprint density at radius 1 is 0.466 bits per heavy atom. The second-order valence-electron chi connectivity index (χ2n) is 23.1. The molecule has 0 aliphatic carbocycles. The van der Waals surface area contributed by atoms with E-state index in [1.807, 2.05) is 27.2 Å². The summed E-state index contributed by atoms with van der Waals surface area (Å²) in [5, 5.41) is 13.9. The van der Waals surface area contributed by atoms with Crippen molar-refractivity contribution in [3.05, 3.63) is 36.5 Å². The summed E-state index contributed by atoms with van der Waals surface area (Å²) in [6.07, 6.45) is 72.7. The van der Waals surface area contributed by atoms with Gasteiger partial charge in [0.25, 0.3) is 0 Å². The number of rotatable bonds is 59. The van der Waals surface area contributed by atoms with Gasteiger partial charge in [-0.1, -0.05) is 294 Å². The molecule has 0 aromatic heterocycles. The molecule has 0 aromatic rings. The minimum atomic E-state index is -4.34. The highest BCUT2D eigenvalue weighted by molar-refractivity contribution is 7.47. The van der Waals surface area contributed by atoms with Crippen molar-refractivity contribution in [1.29, 1.82) is 0 Å². The highest BCUT2D eigenvalue weighted by atomic mass is 31.2. The Bertz CT molecular complexity index is 1280. The summed E-state index contributed by atoms with van der Waals surface area (Å²) in [6, 6.07) is -0.844. The van der Waals surface area contributed by atoms with E-state index in [2.05, 4.69) is 43.5 Å². The number of nitrogens with zero attached hydrogens (tertiary/aromatic N) is 1. The molecule has 0 radical (unpaired) electrons. The SMILES string of the molecule is CCCCCCC/C=C\C/C=C\CCCCCCCCCCCCCCCCCCCCCCCCCC(=O)NC(COP(=O)(O)OCC[N+](C)(C)C)C(O)/C=C/CCCCCCCCCCCCCCCC. The Labute approximate surface area is 455 Å². The number of nitrogens with one attached hydrogen (secondary N) is 1. The van der Waals surface area contributed by atoms with Crippen molar-refractivity contribution in [2.45, 2.75) is 328 Å². The minimum Gasteiger partial charge on any atom is -0.387 e. The molecule has 3 N–H and O–H groups in total. The summed E-state index contributed by atoms with van der Waals surface area (Å²) in [5.74, 6) is -0.171. The number of likely N-dealkylation sites (N-methyl/N-ethyl adjacent to an activating group) is 1. The van der Waals surface area contributed by atoms with Crippen LogP contribution in [0.25, 0.3) is 0 Å². The molecule has 3 unspecified atom stereocenters. The average Bonchev–Trinajstić information content (AvgIpc) is 3.35. The molecule has 0 aliphatic rings. The maximum absolute atomic E-state index is 13.0. The van der Waals surface area contributed by atoms with Crippen molar-refractivity contribution in [2.24, 2.45) is 0 Å². The van der Waals surface area contributed by atoms with Crippen LogP contribution in [0, 0.1) is 0 Å². The predicted molar refractivity (Wildman–Crippen MR) is 318 cm³/mol. The number of carbonyl (C=O) groups excluding carboxylic acids is 1. The number of carbonyl (C=O) groups is 1. The van der Waals surface area contributed by atoms with Crippen LogP contribution in [0.4, 0.5) is 0 Å². The van der Waals surface area contributed by atoms with Gasteiger partial charge in [-0.2, -0.15) is 0 Å². The molecule has 0 fully saturated rings. The molecule has 0 heterocycles. The lowest BCUT2D eigenvalue weighted by Crippen LogP contribution is -2.45. The van der Waals surface area contributed by atoms with Crippen molar-refractivity contribution < 1.29 is 32.9 Å². The molecule has 73 heavy (non-hydrogen) atoms. The topological polar surface area (TPSA) is 105 Å². The number of hydrogen-bond donors (Lipinski definition) is 3. The second-order valence-corrected chi connectivity index (χ2v) is 24.6. The van der Waals surface area contributed by atoms with E-state index in [0.29, 0.717) is 17.4 Å². The summed E-state index contributed by atoms with van der Waals surface area (Å²) >= 11 is 0. The molecule has 0 aliphatic heterocycles. The van der Waals surface area contributed by atoms with Gasteiger partial charge in [0.2, 0.25) is 5.91 Å². The summed E-state index contributed by atoms with van der Waals surface area (Å²) in [4.78, 5) is 23.3. The number of aliphatic hydroxyl groups is 1. The number of aliphatic hydroxyl groups excluding tert-OH is 1. The fraction of sp³-hybridized carbons (Fsp3) is 0.891. The first-order chi connectivity index (χ1) is 35.5. The van der Waals surface area contributed by atoms with Crippen LogP contribution < -0.4 is 5.32 Å². The van der Waals surface area contributed by atoms with E-state index in [4.69, 9.17) is 9.05 Å². The molecule has 0 saturated heterocycles. The first-order valence-corrected chi connectivity index (χ1v) is 33.4. The number of amides is 1. The van der Waals surface area contributed by atoms with Gasteiger partial charge in [-0.3, -0.25) is 13.8 Å². The van der Waals surface area contributed by atoms with Crippen molar-refractivity contribution in [3.8, 4) is 0 Å². The molecule has 0 rings (SSSR count).